The second kappa shape index (κ2) is 9.28. The molecule has 154 valence electrons. The summed E-state index contributed by atoms with van der Waals surface area (Å²) >= 11 is 0. The van der Waals surface area contributed by atoms with Gasteiger partial charge in [-0.1, -0.05) is 6.92 Å². The normalized spacial score (nSPS) is 22.9. The molecule has 7 nitrogen and oxygen atoms in total. The van der Waals surface area contributed by atoms with Crippen LogP contribution in [0.5, 0.6) is 11.5 Å². The maximum atomic E-state index is 13.1. The van der Waals surface area contributed by atoms with Crippen molar-refractivity contribution < 1.29 is 28.9 Å². The van der Waals surface area contributed by atoms with Crippen LogP contribution in [0.15, 0.2) is 18.2 Å². The Labute approximate surface area is 165 Å². The van der Waals surface area contributed by atoms with E-state index in [-0.39, 0.29) is 17.9 Å². The summed E-state index contributed by atoms with van der Waals surface area (Å²) < 4.78 is 16.7. The summed E-state index contributed by atoms with van der Waals surface area (Å²) in [6, 6.07) is 5.26. The SMILES string of the molecule is CCCOc1cc(OC)ccc1C(=O)N1CCC([C@@H]2OCCC2C(=O)O)CC1. The van der Waals surface area contributed by atoms with Crippen LogP contribution in [0.25, 0.3) is 0 Å². The predicted octanol–water partition coefficient (Wildman–Crippen LogP) is 2.83. The Morgan fingerprint density at radius 1 is 1.25 bits per heavy atom. The minimum atomic E-state index is -0.781. The molecule has 2 heterocycles. The van der Waals surface area contributed by atoms with Crippen molar-refractivity contribution in [2.24, 2.45) is 11.8 Å². The molecule has 3 rings (SSSR count). The van der Waals surface area contributed by atoms with Gasteiger partial charge in [0.25, 0.3) is 5.91 Å². The molecule has 1 N–H and O–H groups in total. The van der Waals surface area contributed by atoms with Gasteiger partial charge in [0.1, 0.15) is 11.5 Å². The third-order valence-corrected chi connectivity index (χ3v) is 5.63. The number of nitrogens with zero attached hydrogens (tertiary/aromatic N) is 1. The molecule has 1 unspecified atom stereocenters. The van der Waals surface area contributed by atoms with E-state index in [2.05, 4.69) is 0 Å². The number of carbonyl (C=O) groups is 2. The molecule has 2 saturated heterocycles. The van der Waals surface area contributed by atoms with E-state index >= 15 is 0 Å². The molecular formula is C21H29NO6. The summed E-state index contributed by atoms with van der Waals surface area (Å²) in [5, 5.41) is 9.38. The fourth-order valence-electron chi connectivity index (χ4n) is 4.08. The van der Waals surface area contributed by atoms with E-state index in [0.29, 0.717) is 49.8 Å². The second-order valence-corrected chi connectivity index (χ2v) is 7.41. The van der Waals surface area contributed by atoms with Gasteiger partial charge in [0, 0.05) is 25.8 Å². The predicted molar refractivity (Wildman–Crippen MR) is 103 cm³/mol. The number of benzene rings is 1. The third kappa shape index (κ3) is 4.41. The Morgan fingerprint density at radius 2 is 2.00 bits per heavy atom. The smallest absolute Gasteiger partial charge is 0.309 e. The van der Waals surface area contributed by atoms with Gasteiger partial charge in [0.15, 0.2) is 0 Å². The molecular weight excluding hydrogens is 362 g/mol. The first-order valence-corrected chi connectivity index (χ1v) is 9.99. The van der Waals surface area contributed by atoms with Crippen LogP contribution in [0.4, 0.5) is 0 Å². The molecule has 0 spiro atoms. The Balaban J connectivity index is 1.66. The lowest BCUT2D eigenvalue weighted by Gasteiger charge is -2.35. The number of likely N-dealkylation sites (tertiary alicyclic amines) is 1. The maximum absolute atomic E-state index is 13.1. The largest absolute Gasteiger partial charge is 0.497 e. The van der Waals surface area contributed by atoms with E-state index in [1.165, 1.54) is 0 Å². The highest BCUT2D eigenvalue weighted by Crippen LogP contribution is 2.34. The van der Waals surface area contributed by atoms with Gasteiger partial charge in [-0.05, 0) is 43.7 Å². The van der Waals surface area contributed by atoms with Crippen LogP contribution < -0.4 is 9.47 Å². The number of rotatable bonds is 7. The third-order valence-electron chi connectivity index (χ3n) is 5.63. The van der Waals surface area contributed by atoms with Gasteiger partial charge in [-0.15, -0.1) is 0 Å². The van der Waals surface area contributed by atoms with Crippen LogP contribution in [0.3, 0.4) is 0 Å². The Morgan fingerprint density at radius 3 is 2.64 bits per heavy atom. The minimum absolute atomic E-state index is 0.0608. The van der Waals surface area contributed by atoms with E-state index < -0.39 is 11.9 Å². The van der Waals surface area contributed by atoms with Crippen LogP contribution in [0, 0.1) is 11.8 Å². The van der Waals surface area contributed by atoms with Crippen molar-refractivity contribution in [2.75, 3.05) is 33.4 Å². The van der Waals surface area contributed by atoms with Gasteiger partial charge in [0.05, 0.1) is 31.3 Å². The highest BCUT2D eigenvalue weighted by molar-refractivity contribution is 5.97. The van der Waals surface area contributed by atoms with E-state index in [9.17, 15) is 14.7 Å². The number of carboxylic acids is 1. The summed E-state index contributed by atoms with van der Waals surface area (Å²) in [5.41, 5.74) is 0.535. The van der Waals surface area contributed by atoms with Crippen LogP contribution in [-0.4, -0.2) is 61.4 Å². The van der Waals surface area contributed by atoms with Gasteiger partial charge < -0.3 is 24.2 Å². The molecule has 1 aromatic carbocycles. The van der Waals surface area contributed by atoms with Crippen molar-refractivity contribution in [1.29, 1.82) is 0 Å². The fourth-order valence-corrected chi connectivity index (χ4v) is 4.08. The van der Waals surface area contributed by atoms with Gasteiger partial charge in [0.2, 0.25) is 0 Å². The number of piperidine rings is 1. The molecule has 1 aromatic rings. The van der Waals surface area contributed by atoms with Crippen molar-refractivity contribution in [3.63, 3.8) is 0 Å². The molecule has 0 aliphatic carbocycles. The van der Waals surface area contributed by atoms with Crippen molar-refractivity contribution in [1.82, 2.24) is 4.90 Å². The van der Waals surface area contributed by atoms with Crippen molar-refractivity contribution in [2.45, 2.75) is 38.7 Å². The molecule has 0 aromatic heterocycles. The lowest BCUT2D eigenvalue weighted by molar-refractivity contribution is -0.145. The number of carboxylic acid groups (broad SMARTS) is 1. The number of amides is 1. The highest BCUT2D eigenvalue weighted by Gasteiger charge is 2.41. The number of hydrogen-bond donors (Lipinski definition) is 1. The molecule has 2 atom stereocenters. The number of hydrogen-bond acceptors (Lipinski definition) is 5. The van der Waals surface area contributed by atoms with E-state index in [1.54, 1.807) is 25.3 Å². The molecule has 2 aliphatic rings. The first-order valence-electron chi connectivity index (χ1n) is 9.99. The first-order chi connectivity index (χ1) is 13.5. The fraction of sp³-hybridized carbons (Fsp3) is 0.619. The molecule has 1 amide bonds. The van der Waals surface area contributed by atoms with Crippen LogP contribution >= 0.6 is 0 Å². The zero-order valence-corrected chi connectivity index (χ0v) is 16.6. The number of ether oxygens (including phenoxy) is 3. The van der Waals surface area contributed by atoms with E-state index in [1.807, 2.05) is 11.8 Å². The molecule has 7 heteroatoms. The minimum Gasteiger partial charge on any atom is -0.497 e. The lowest BCUT2D eigenvalue weighted by atomic mass is 9.84. The molecule has 28 heavy (non-hydrogen) atoms. The quantitative estimate of drug-likeness (QED) is 0.769. The zero-order valence-electron chi connectivity index (χ0n) is 16.6. The highest BCUT2D eigenvalue weighted by atomic mass is 16.5. The molecule has 0 radical (unpaired) electrons. The summed E-state index contributed by atoms with van der Waals surface area (Å²) in [5.74, 6) is 0.103. The molecule has 0 bridgehead atoms. The first kappa shape index (κ1) is 20.5. The summed E-state index contributed by atoms with van der Waals surface area (Å²) in [4.78, 5) is 26.3. The maximum Gasteiger partial charge on any atom is 0.309 e. The van der Waals surface area contributed by atoms with Crippen LogP contribution in [0.1, 0.15) is 43.0 Å². The summed E-state index contributed by atoms with van der Waals surface area (Å²) in [6.07, 6.45) is 2.69. The molecule has 2 aliphatic heterocycles. The molecule has 0 saturated carbocycles. The van der Waals surface area contributed by atoms with Crippen molar-refractivity contribution in [3.05, 3.63) is 23.8 Å². The Kier molecular flexibility index (Phi) is 6.78. The average Bonchev–Trinajstić information content (AvgIpc) is 3.22. The second-order valence-electron chi connectivity index (χ2n) is 7.41. The summed E-state index contributed by atoms with van der Waals surface area (Å²) in [6.45, 7) is 4.24. The Bertz CT molecular complexity index is 698. The van der Waals surface area contributed by atoms with E-state index in [4.69, 9.17) is 14.2 Å². The summed E-state index contributed by atoms with van der Waals surface area (Å²) in [7, 11) is 1.58. The van der Waals surface area contributed by atoms with Crippen LogP contribution in [0.2, 0.25) is 0 Å². The Hall–Kier alpha value is -2.28. The monoisotopic (exact) mass is 391 g/mol. The van der Waals surface area contributed by atoms with E-state index in [0.717, 1.165) is 19.3 Å². The van der Waals surface area contributed by atoms with Crippen molar-refractivity contribution in [3.8, 4) is 11.5 Å². The van der Waals surface area contributed by atoms with Gasteiger partial charge in [-0.25, -0.2) is 0 Å². The topological polar surface area (TPSA) is 85.3 Å². The lowest BCUT2D eigenvalue weighted by Crippen LogP contribution is -2.43. The van der Waals surface area contributed by atoms with Crippen LogP contribution in [-0.2, 0) is 9.53 Å². The zero-order chi connectivity index (χ0) is 20.1. The average molecular weight is 391 g/mol. The number of methoxy groups -OCH3 is 1. The standard InChI is InChI=1S/C21H29NO6/c1-3-11-27-18-13-15(26-2)4-5-16(18)20(23)22-9-6-14(7-10-22)19-17(21(24)25)8-12-28-19/h4-5,13-14,17,19H,3,6-12H2,1-2H3,(H,24,25)/t17?,19-/m0/s1. The van der Waals surface area contributed by atoms with Gasteiger partial charge >= 0.3 is 5.97 Å². The van der Waals surface area contributed by atoms with Gasteiger partial charge in [-0.3, -0.25) is 9.59 Å². The number of carbonyl (C=O) groups excluding carboxylic acids is 1. The van der Waals surface area contributed by atoms with Crippen molar-refractivity contribution >= 4 is 11.9 Å². The number of aliphatic carboxylic acids is 1. The molecule has 2 fully saturated rings. The van der Waals surface area contributed by atoms with Gasteiger partial charge in [-0.2, -0.15) is 0 Å².